The van der Waals surface area contributed by atoms with Crippen LogP contribution < -0.4 is 5.32 Å². The van der Waals surface area contributed by atoms with Gasteiger partial charge in [-0.15, -0.1) is 0 Å². The molecule has 0 aliphatic heterocycles. The predicted octanol–water partition coefficient (Wildman–Crippen LogP) is 3.16. The lowest BCUT2D eigenvalue weighted by Gasteiger charge is -2.07. The third-order valence-corrected chi connectivity index (χ3v) is 3.12. The van der Waals surface area contributed by atoms with E-state index < -0.39 is 0 Å². The maximum atomic E-state index is 8.92. The third kappa shape index (κ3) is 2.60. The summed E-state index contributed by atoms with van der Waals surface area (Å²) in [6.45, 7) is 2.01. The van der Waals surface area contributed by atoms with Gasteiger partial charge in [-0.05, 0) is 24.6 Å². The molecule has 17 heavy (non-hydrogen) atoms. The molecule has 0 saturated heterocycles. The van der Waals surface area contributed by atoms with Crippen molar-refractivity contribution in [3.63, 3.8) is 0 Å². The van der Waals surface area contributed by atoms with Gasteiger partial charge < -0.3 is 5.32 Å². The number of aryl methyl sites for hydroxylation is 1. The first-order valence-electron chi connectivity index (χ1n) is 4.94. The van der Waals surface area contributed by atoms with Gasteiger partial charge in [-0.3, -0.25) is 0 Å². The lowest BCUT2D eigenvalue weighted by atomic mass is 10.2. The van der Waals surface area contributed by atoms with Crippen LogP contribution in [0.1, 0.15) is 11.1 Å². The first-order chi connectivity index (χ1) is 8.20. The van der Waals surface area contributed by atoms with Crippen molar-refractivity contribution in [1.29, 1.82) is 5.26 Å². The number of anilines is 2. The number of rotatable bonds is 2. The Morgan fingerprint density at radius 3 is 2.94 bits per heavy atom. The van der Waals surface area contributed by atoms with E-state index in [-0.39, 0.29) is 0 Å². The van der Waals surface area contributed by atoms with E-state index >= 15 is 0 Å². The standard InChI is InChI=1S/C12H9BrN4/c1-8-2-3-10(4-11(8)13)17-12-9(5-14)6-15-7-16-12/h2-4,6-7H,1H3,(H,15,16,17). The number of halogens is 1. The van der Waals surface area contributed by atoms with Crippen LogP contribution in [0.3, 0.4) is 0 Å². The molecular formula is C12H9BrN4. The topological polar surface area (TPSA) is 61.6 Å². The molecule has 0 saturated carbocycles. The fraction of sp³-hybridized carbons (Fsp3) is 0.0833. The Morgan fingerprint density at radius 1 is 1.41 bits per heavy atom. The molecule has 0 radical (unpaired) electrons. The van der Waals surface area contributed by atoms with Crippen LogP contribution in [0.4, 0.5) is 11.5 Å². The quantitative estimate of drug-likeness (QED) is 0.922. The zero-order chi connectivity index (χ0) is 12.3. The number of nitrogens with zero attached hydrogens (tertiary/aromatic N) is 3. The molecule has 0 fully saturated rings. The number of nitrogens with one attached hydrogen (secondary N) is 1. The molecule has 0 spiro atoms. The number of hydrogen-bond donors (Lipinski definition) is 1. The summed E-state index contributed by atoms with van der Waals surface area (Å²) in [7, 11) is 0. The summed E-state index contributed by atoms with van der Waals surface area (Å²) in [5, 5.41) is 12.0. The molecule has 0 aliphatic rings. The predicted molar refractivity (Wildman–Crippen MR) is 68.9 cm³/mol. The van der Waals surface area contributed by atoms with Crippen molar-refractivity contribution in [3.8, 4) is 6.07 Å². The second-order valence-electron chi connectivity index (χ2n) is 3.49. The van der Waals surface area contributed by atoms with E-state index in [1.54, 1.807) is 0 Å². The van der Waals surface area contributed by atoms with Crippen molar-refractivity contribution in [3.05, 3.63) is 46.3 Å². The summed E-state index contributed by atoms with van der Waals surface area (Å²) in [5.74, 6) is 0.512. The van der Waals surface area contributed by atoms with Crippen LogP contribution in [-0.4, -0.2) is 9.97 Å². The molecule has 2 aromatic rings. The van der Waals surface area contributed by atoms with Gasteiger partial charge in [0, 0.05) is 10.2 Å². The molecule has 1 N–H and O–H groups in total. The van der Waals surface area contributed by atoms with Gasteiger partial charge in [0.1, 0.15) is 18.0 Å². The van der Waals surface area contributed by atoms with Crippen molar-refractivity contribution in [1.82, 2.24) is 9.97 Å². The molecular weight excluding hydrogens is 280 g/mol. The van der Waals surface area contributed by atoms with E-state index in [0.717, 1.165) is 15.7 Å². The number of benzene rings is 1. The first kappa shape index (κ1) is 11.6. The van der Waals surface area contributed by atoms with Crippen LogP contribution in [0.15, 0.2) is 35.2 Å². The van der Waals surface area contributed by atoms with Crippen LogP contribution in [0.25, 0.3) is 0 Å². The van der Waals surface area contributed by atoms with E-state index in [4.69, 9.17) is 5.26 Å². The summed E-state index contributed by atoms with van der Waals surface area (Å²) in [6, 6.07) is 7.91. The summed E-state index contributed by atoms with van der Waals surface area (Å²) in [4.78, 5) is 7.84. The van der Waals surface area contributed by atoms with Crippen molar-refractivity contribution in [2.75, 3.05) is 5.32 Å². The number of nitriles is 1. The molecule has 2 rings (SSSR count). The molecule has 4 nitrogen and oxygen atoms in total. The molecule has 0 atom stereocenters. The van der Waals surface area contributed by atoms with Crippen molar-refractivity contribution in [2.24, 2.45) is 0 Å². The first-order valence-corrected chi connectivity index (χ1v) is 5.73. The van der Waals surface area contributed by atoms with Gasteiger partial charge in [-0.1, -0.05) is 22.0 Å². The molecule has 1 aromatic carbocycles. The SMILES string of the molecule is Cc1ccc(Nc2ncncc2C#N)cc1Br. The molecule has 1 aromatic heterocycles. The summed E-state index contributed by atoms with van der Waals surface area (Å²) in [6.07, 6.45) is 2.89. The molecule has 84 valence electrons. The third-order valence-electron chi connectivity index (χ3n) is 2.27. The van der Waals surface area contributed by atoms with Crippen LogP contribution in [-0.2, 0) is 0 Å². The van der Waals surface area contributed by atoms with E-state index in [0.29, 0.717) is 11.4 Å². The average Bonchev–Trinajstić information content (AvgIpc) is 2.34. The molecule has 0 unspecified atom stereocenters. The van der Waals surface area contributed by atoms with Gasteiger partial charge in [0.15, 0.2) is 5.82 Å². The Bertz CT molecular complexity index is 589. The van der Waals surface area contributed by atoms with Crippen LogP contribution in [0, 0.1) is 18.3 Å². The second kappa shape index (κ2) is 4.93. The Balaban J connectivity index is 2.32. The van der Waals surface area contributed by atoms with E-state index in [1.165, 1.54) is 12.5 Å². The average molecular weight is 289 g/mol. The van der Waals surface area contributed by atoms with Crippen molar-refractivity contribution in [2.45, 2.75) is 6.92 Å². The smallest absolute Gasteiger partial charge is 0.151 e. The Labute approximate surface area is 107 Å². The van der Waals surface area contributed by atoms with Crippen molar-refractivity contribution < 1.29 is 0 Å². The molecule has 0 amide bonds. The minimum atomic E-state index is 0.421. The van der Waals surface area contributed by atoms with Gasteiger partial charge >= 0.3 is 0 Å². The second-order valence-corrected chi connectivity index (χ2v) is 4.34. The highest BCUT2D eigenvalue weighted by Gasteiger charge is 2.04. The molecule has 1 heterocycles. The van der Waals surface area contributed by atoms with Gasteiger partial charge in [0.25, 0.3) is 0 Å². The highest BCUT2D eigenvalue weighted by molar-refractivity contribution is 9.10. The van der Waals surface area contributed by atoms with E-state index in [2.05, 4.69) is 31.2 Å². The maximum absolute atomic E-state index is 8.92. The maximum Gasteiger partial charge on any atom is 0.151 e. The Morgan fingerprint density at radius 2 is 2.24 bits per heavy atom. The molecule has 5 heteroatoms. The van der Waals surface area contributed by atoms with Crippen molar-refractivity contribution >= 4 is 27.4 Å². The minimum absolute atomic E-state index is 0.421. The highest BCUT2D eigenvalue weighted by Crippen LogP contribution is 2.23. The van der Waals surface area contributed by atoms with Gasteiger partial charge in [-0.2, -0.15) is 5.26 Å². The largest absolute Gasteiger partial charge is 0.339 e. The number of aromatic nitrogens is 2. The summed E-state index contributed by atoms with van der Waals surface area (Å²) >= 11 is 3.46. The van der Waals surface area contributed by atoms with E-state index in [1.807, 2.05) is 31.2 Å². The molecule has 0 bridgehead atoms. The van der Waals surface area contributed by atoms with Crippen LogP contribution in [0.5, 0.6) is 0 Å². The lowest BCUT2D eigenvalue weighted by molar-refractivity contribution is 1.15. The number of hydrogen-bond acceptors (Lipinski definition) is 4. The van der Waals surface area contributed by atoms with Gasteiger partial charge in [0.2, 0.25) is 0 Å². The van der Waals surface area contributed by atoms with E-state index in [9.17, 15) is 0 Å². The summed E-state index contributed by atoms with van der Waals surface area (Å²) in [5.41, 5.74) is 2.45. The van der Waals surface area contributed by atoms with Crippen LogP contribution in [0.2, 0.25) is 0 Å². The van der Waals surface area contributed by atoms with Crippen LogP contribution >= 0.6 is 15.9 Å². The van der Waals surface area contributed by atoms with Gasteiger partial charge in [-0.25, -0.2) is 9.97 Å². The Kier molecular flexibility index (Phi) is 3.35. The zero-order valence-electron chi connectivity index (χ0n) is 9.11. The van der Waals surface area contributed by atoms with Gasteiger partial charge in [0.05, 0.1) is 6.20 Å². The normalized spacial score (nSPS) is 9.71. The highest BCUT2D eigenvalue weighted by atomic mass is 79.9. The fourth-order valence-corrected chi connectivity index (χ4v) is 1.70. The monoisotopic (exact) mass is 288 g/mol. The minimum Gasteiger partial charge on any atom is -0.339 e. The lowest BCUT2D eigenvalue weighted by Crippen LogP contribution is -1.97. The molecule has 0 aliphatic carbocycles. The zero-order valence-corrected chi connectivity index (χ0v) is 10.7. The Hall–Kier alpha value is -1.93. The summed E-state index contributed by atoms with van der Waals surface area (Å²) < 4.78 is 1.01. The fourth-order valence-electron chi connectivity index (χ4n) is 1.32.